The predicted molar refractivity (Wildman–Crippen MR) is 135 cm³/mol. The first kappa shape index (κ1) is 23.6. The molecule has 0 spiro atoms. The monoisotopic (exact) mass is 506 g/mol. The van der Waals surface area contributed by atoms with E-state index in [0.29, 0.717) is 60.2 Å². The van der Waals surface area contributed by atoms with Crippen LogP contribution in [0.3, 0.4) is 0 Å². The maximum Gasteiger partial charge on any atom is 0.256 e. The van der Waals surface area contributed by atoms with Crippen molar-refractivity contribution in [3.8, 4) is 0 Å². The predicted octanol–water partition coefficient (Wildman–Crippen LogP) is 2.55. The second kappa shape index (κ2) is 9.14. The van der Waals surface area contributed by atoms with Crippen LogP contribution in [-0.4, -0.2) is 44.4 Å². The van der Waals surface area contributed by atoms with Gasteiger partial charge in [-0.05, 0) is 55.8 Å². The topological polar surface area (TPSA) is 139 Å². The first-order chi connectivity index (χ1) is 17.2. The molecular weight excluding hydrogens is 484 g/mol. The van der Waals surface area contributed by atoms with Crippen molar-refractivity contribution in [3.05, 3.63) is 80.8 Å². The molecule has 0 radical (unpaired) electrons. The van der Waals surface area contributed by atoms with Crippen LogP contribution < -0.4 is 15.5 Å². The average molecular weight is 507 g/mol. The van der Waals surface area contributed by atoms with E-state index in [2.05, 4.69) is 20.8 Å². The van der Waals surface area contributed by atoms with Gasteiger partial charge in [-0.25, -0.2) is 0 Å². The number of hydrogen-bond acceptors (Lipinski definition) is 5. The number of nitrogens with one attached hydrogen (secondary N) is 3. The third kappa shape index (κ3) is 4.21. The van der Waals surface area contributed by atoms with Gasteiger partial charge in [0.15, 0.2) is 5.52 Å². The number of aryl methyl sites for hydroxylation is 1. The summed E-state index contributed by atoms with van der Waals surface area (Å²) in [6, 6.07) is 12.1. The first-order valence-electron chi connectivity index (χ1n) is 11.3. The average Bonchev–Trinajstić information content (AvgIpc) is 3.43. The minimum atomic E-state index is -0.971. The maximum atomic E-state index is 13.0. The van der Waals surface area contributed by atoms with Gasteiger partial charge >= 0.3 is 0 Å². The Morgan fingerprint density at radius 2 is 2.08 bits per heavy atom. The van der Waals surface area contributed by atoms with Crippen molar-refractivity contribution < 1.29 is 19.5 Å². The lowest BCUT2D eigenvalue weighted by Crippen LogP contribution is -2.36. The van der Waals surface area contributed by atoms with E-state index in [9.17, 15) is 19.9 Å². The number of carbonyl (C=O) groups is 2. The Kier molecular flexibility index (Phi) is 5.99. The van der Waals surface area contributed by atoms with Crippen LogP contribution in [0.2, 0.25) is 5.02 Å². The highest BCUT2D eigenvalue weighted by atomic mass is 35.5. The number of fused-ring (bicyclic) bond motifs is 2. The highest BCUT2D eigenvalue weighted by molar-refractivity contribution is 6.36. The molecule has 4 aromatic rings. The summed E-state index contributed by atoms with van der Waals surface area (Å²) in [6.45, 7) is 3.55. The molecule has 2 amide bonds. The van der Waals surface area contributed by atoms with Gasteiger partial charge in [0, 0.05) is 34.2 Å². The highest BCUT2D eigenvalue weighted by Crippen LogP contribution is 2.35. The van der Waals surface area contributed by atoms with Crippen molar-refractivity contribution in [2.24, 2.45) is 0 Å². The molecule has 0 saturated carbocycles. The first-order valence-corrected chi connectivity index (χ1v) is 11.6. The molecule has 0 saturated heterocycles. The van der Waals surface area contributed by atoms with E-state index in [1.165, 1.54) is 4.68 Å². The van der Waals surface area contributed by atoms with Crippen molar-refractivity contribution in [1.29, 1.82) is 0 Å². The fourth-order valence-electron chi connectivity index (χ4n) is 4.44. The lowest BCUT2D eigenvalue weighted by atomic mass is 10.0. The van der Waals surface area contributed by atoms with Gasteiger partial charge in [0.1, 0.15) is 12.6 Å². The molecule has 1 aliphatic heterocycles. The molecule has 1 atom stereocenters. The Hall–Kier alpha value is -4.15. The number of anilines is 1. The van der Waals surface area contributed by atoms with Crippen LogP contribution >= 0.6 is 11.6 Å². The van der Waals surface area contributed by atoms with Crippen LogP contribution in [0.15, 0.2) is 42.5 Å². The number of aliphatic hydroxyl groups is 1. The molecule has 1 aliphatic rings. The van der Waals surface area contributed by atoms with Gasteiger partial charge in [-0.3, -0.25) is 9.59 Å². The third-order valence-electron chi connectivity index (χ3n) is 6.19. The second-order valence-electron chi connectivity index (χ2n) is 8.66. The molecule has 2 aromatic carbocycles. The number of H-pyrrole nitrogens is 1. The Labute approximate surface area is 210 Å². The largest absolute Gasteiger partial charge is 0.691 e. The van der Waals surface area contributed by atoms with Crippen LogP contribution in [0.4, 0.5) is 5.69 Å². The number of hydrogen-bond donors (Lipinski definition) is 4. The van der Waals surface area contributed by atoms with E-state index < -0.39 is 6.10 Å². The van der Waals surface area contributed by atoms with Gasteiger partial charge in [0.2, 0.25) is 5.52 Å². The number of benzene rings is 2. The van der Waals surface area contributed by atoms with E-state index >= 15 is 0 Å². The van der Waals surface area contributed by atoms with Crippen LogP contribution in [0, 0.1) is 19.1 Å². The van der Waals surface area contributed by atoms with Crippen molar-refractivity contribution in [1.82, 2.24) is 20.2 Å². The van der Waals surface area contributed by atoms with Gasteiger partial charge < -0.3 is 25.9 Å². The van der Waals surface area contributed by atoms with Crippen LogP contribution in [0.5, 0.6) is 0 Å². The number of para-hydroxylation sites is 2. The Morgan fingerprint density at radius 1 is 1.31 bits per heavy atom. The molecule has 184 valence electrons. The van der Waals surface area contributed by atoms with Crippen molar-refractivity contribution in [2.45, 2.75) is 26.5 Å². The van der Waals surface area contributed by atoms with E-state index in [0.717, 1.165) is 0 Å². The van der Waals surface area contributed by atoms with Crippen molar-refractivity contribution in [3.63, 3.8) is 0 Å². The lowest BCUT2D eigenvalue weighted by Gasteiger charge is -2.10. The zero-order valence-electron chi connectivity index (χ0n) is 19.5. The second-order valence-corrected chi connectivity index (χ2v) is 9.10. The van der Waals surface area contributed by atoms with Crippen LogP contribution in [0.1, 0.15) is 32.9 Å². The molecule has 0 bridgehead atoms. The number of nitrogens with zero attached hydrogens (tertiary/aromatic N) is 3. The summed E-state index contributed by atoms with van der Waals surface area (Å²) >= 11 is 6.11. The standard InChI is InChI=1S/C25H23ClN6O4/c1-13-20(10-18-17-9-15(26)7-8-19(17)29-24(18)34)28-14(2)23(13)25(35)27-11-16(33)12-31-21-5-3-4-6-22(21)32(36)30-31/h3-10,16,28,33H,11-12H2,1-2H3,(H,27,35)(H,29,34). The minimum absolute atomic E-state index is 0.0373. The third-order valence-corrected chi connectivity index (χ3v) is 6.43. The van der Waals surface area contributed by atoms with Crippen LogP contribution in [0.25, 0.3) is 22.7 Å². The van der Waals surface area contributed by atoms with E-state index in [-0.39, 0.29) is 24.9 Å². The molecule has 1 unspecified atom stereocenters. The van der Waals surface area contributed by atoms with E-state index in [4.69, 9.17) is 11.6 Å². The molecule has 0 aliphatic carbocycles. The summed E-state index contributed by atoms with van der Waals surface area (Å²) in [7, 11) is 0. The molecule has 10 nitrogen and oxygen atoms in total. The fourth-order valence-corrected chi connectivity index (χ4v) is 4.62. The molecule has 3 heterocycles. The number of carbonyl (C=O) groups excluding carboxylic acids is 2. The van der Waals surface area contributed by atoms with E-state index in [1.807, 2.05) is 0 Å². The van der Waals surface area contributed by atoms with Gasteiger partial charge in [-0.15, -0.1) is 9.53 Å². The van der Waals surface area contributed by atoms with Gasteiger partial charge in [0.25, 0.3) is 11.8 Å². The SMILES string of the molecule is Cc1[nH]c(C=C2C(=O)Nc3ccc(Cl)cc32)c(C)c1C(=O)NCC(O)Cn1n[n+]([O-])c2ccccc21. The summed E-state index contributed by atoms with van der Waals surface area (Å²) in [4.78, 5) is 29.2. The van der Waals surface area contributed by atoms with Crippen molar-refractivity contribution >= 4 is 51.8 Å². The molecule has 2 aromatic heterocycles. The fraction of sp³-hybridized carbons (Fsp3) is 0.200. The van der Waals surface area contributed by atoms with Crippen LogP contribution in [-0.2, 0) is 11.3 Å². The molecule has 0 fully saturated rings. The Bertz CT molecular complexity index is 1550. The number of rotatable bonds is 6. The summed E-state index contributed by atoms with van der Waals surface area (Å²) in [5, 5.41) is 32.4. The molecule has 5 rings (SSSR count). The molecule has 11 heteroatoms. The summed E-state index contributed by atoms with van der Waals surface area (Å²) in [6.07, 6.45) is 0.730. The zero-order chi connectivity index (χ0) is 25.6. The number of aromatic nitrogens is 4. The molecular formula is C25H23ClN6O4. The quantitative estimate of drug-likeness (QED) is 0.181. The van der Waals surface area contributed by atoms with E-state index in [1.54, 1.807) is 62.4 Å². The zero-order valence-corrected chi connectivity index (χ0v) is 20.3. The summed E-state index contributed by atoms with van der Waals surface area (Å²) < 4.78 is 1.41. The van der Waals surface area contributed by atoms with Crippen molar-refractivity contribution in [2.75, 3.05) is 11.9 Å². The number of aliphatic hydroxyl groups excluding tert-OH is 1. The number of amides is 2. The molecule has 36 heavy (non-hydrogen) atoms. The normalized spacial score (nSPS) is 14.8. The summed E-state index contributed by atoms with van der Waals surface area (Å²) in [5.74, 6) is -0.618. The Morgan fingerprint density at radius 3 is 2.89 bits per heavy atom. The smallest absolute Gasteiger partial charge is 0.256 e. The van der Waals surface area contributed by atoms with Gasteiger partial charge in [-0.2, -0.15) is 0 Å². The van der Waals surface area contributed by atoms with Gasteiger partial charge in [0.05, 0.1) is 16.3 Å². The molecule has 4 N–H and O–H groups in total. The maximum absolute atomic E-state index is 13.0. The number of aromatic amines is 1. The lowest BCUT2D eigenvalue weighted by molar-refractivity contribution is -0.646. The highest BCUT2D eigenvalue weighted by Gasteiger charge is 2.26. The summed E-state index contributed by atoms with van der Waals surface area (Å²) in [5.41, 5.74) is 5.15. The minimum Gasteiger partial charge on any atom is -0.691 e. The Balaban J connectivity index is 1.31. The number of halogens is 1. The van der Waals surface area contributed by atoms with Gasteiger partial charge in [-0.1, -0.05) is 23.7 Å².